The molecule has 1 fully saturated rings. The van der Waals surface area contributed by atoms with E-state index < -0.39 is 0 Å². The SMILES string of the molecule is COc1cnc(OC2CCN(c3nccnc3C#N)C2)nc1. The Morgan fingerprint density at radius 1 is 1.23 bits per heavy atom. The molecule has 2 aromatic rings. The van der Waals surface area contributed by atoms with Gasteiger partial charge in [0, 0.05) is 25.4 Å². The molecule has 0 aromatic carbocycles. The van der Waals surface area contributed by atoms with E-state index in [4.69, 9.17) is 14.7 Å². The lowest BCUT2D eigenvalue weighted by Crippen LogP contribution is -2.26. The average Bonchev–Trinajstić information content (AvgIpc) is 3.04. The molecule has 112 valence electrons. The summed E-state index contributed by atoms with van der Waals surface area (Å²) < 4.78 is 10.8. The number of anilines is 1. The Bertz CT molecular complexity index is 684. The van der Waals surface area contributed by atoms with Crippen molar-refractivity contribution in [2.24, 2.45) is 0 Å². The normalized spacial score (nSPS) is 17.1. The molecule has 1 aliphatic heterocycles. The van der Waals surface area contributed by atoms with Crippen LogP contribution in [0.5, 0.6) is 11.8 Å². The summed E-state index contributed by atoms with van der Waals surface area (Å²) >= 11 is 0. The maximum atomic E-state index is 9.09. The zero-order valence-corrected chi connectivity index (χ0v) is 12.0. The third-order valence-corrected chi connectivity index (χ3v) is 3.34. The lowest BCUT2D eigenvalue weighted by Gasteiger charge is -2.17. The van der Waals surface area contributed by atoms with Crippen LogP contribution in [-0.2, 0) is 0 Å². The van der Waals surface area contributed by atoms with Crippen molar-refractivity contribution >= 4 is 5.82 Å². The minimum atomic E-state index is -0.0538. The highest BCUT2D eigenvalue weighted by Gasteiger charge is 2.27. The fourth-order valence-electron chi connectivity index (χ4n) is 2.28. The maximum Gasteiger partial charge on any atom is 0.316 e. The third kappa shape index (κ3) is 2.88. The molecule has 3 rings (SSSR count). The summed E-state index contributed by atoms with van der Waals surface area (Å²) in [6, 6.07) is 2.37. The Labute approximate surface area is 127 Å². The number of ether oxygens (including phenoxy) is 2. The number of hydrogen-bond acceptors (Lipinski definition) is 8. The minimum absolute atomic E-state index is 0.0538. The molecule has 0 aliphatic carbocycles. The predicted molar refractivity (Wildman–Crippen MR) is 76.6 cm³/mol. The van der Waals surface area contributed by atoms with E-state index in [0.717, 1.165) is 13.0 Å². The van der Waals surface area contributed by atoms with E-state index in [1.807, 2.05) is 4.90 Å². The molecule has 1 aliphatic rings. The molecule has 2 aromatic heterocycles. The summed E-state index contributed by atoms with van der Waals surface area (Å²) in [4.78, 5) is 18.4. The third-order valence-electron chi connectivity index (χ3n) is 3.34. The maximum absolute atomic E-state index is 9.09. The fourth-order valence-corrected chi connectivity index (χ4v) is 2.28. The van der Waals surface area contributed by atoms with Crippen LogP contribution in [0.15, 0.2) is 24.8 Å². The number of nitrogens with zero attached hydrogens (tertiary/aromatic N) is 6. The van der Waals surface area contributed by atoms with E-state index in [1.165, 1.54) is 6.20 Å². The van der Waals surface area contributed by atoms with Crippen molar-refractivity contribution in [1.82, 2.24) is 19.9 Å². The van der Waals surface area contributed by atoms with Crippen molar-refractivity contribution in [2.45, 2.75) is 12.5 Å². The molecule has 8 nitrogen and oxygen atoms in total. The van der Waals surface area contributed by atoms with Gasteiger partial charge in [0.25, 0.3) is 0 Å². The van der Waals surface area contributed by atoms with Crippen molar-refractivity contribution in [2.75, 3.05) is 25.1 Å². The smallest absolute Gasteiger partial charge is 0.316 e. The van der Waals surface area contributed by atoms with Gasteiger partial charge in [-0.1, -0.05) is 0 Å². The summed E-state index contributed by atoms with van der Waals surface area (Å²) in [7, 11) is 1.56. The Balaban J connectivity index is 1.66. The van der Waals surface area contributed by atoms with Gasteiger partial charge in [-0.05, 0) is 0 Å². The molecule has 0 radical (unpaired) electrons. The summed E-state index contributed by atoms with van der Waals surface area (Å²) in [5.41, 5.74) is 0.323. The van der Waals surface area contributed by atoms with Gasteiger partial charge < -0.3 is 14.4 Å². The standard InChI is InChI=1S/C14H14N6O2/c1-21-11-7-18-14(19-8-11)22-10-2-5-20(9-10)13-12(6-15)16-3-4-17-13/h3-4,7-8,10H,2,5,9H2,1H3. The van der Waals surface area contributed by atoms with Crippen molar-refractivity contribution in [1.29, 1.82) is 5.26 Å². The fraction of sp³-hybridized carbons (Fsp3) is 0.357. The summed E-state index contributed by atoms with van der Waals surface area (Å²) in [6.07, 6.45) is 6.96. The van der Waals surface area contributed by atoms with Crippen molar-refractivity contribution in [3.05, 3.63) is 30.5 Å². The Hall–Kier alpha value is -2.95. The van der Waals surface area contributed by atoms with E-state index in [-0.39, 0.29) is 6.10 Å². The van der Waals surface area contributed by atoms with E-state index in [1.54, 1.807) is 25.7 Å². The molecule has 1 atom stereocenters. The zero-order valence-electron chi connectivity index (χ0n) is 12.0. The molecular formula is C14H14N6O2. The second-order valence-electron chi connectivity index (χ2n) is 4.72. The summed E-state index contributed by atoms with van der Waals surface area (Å²) in [5, 5.41) is 9.09. The van der Waals surface area contributed by atoms with Crippen LogP contribution in [0, 0.1) is 11.3 Å². The van der Waals surface area contributed by atoms with Gasteiger partial charge in [0.15, 0.2) is 17.3 Å². The second-order valence-corrected chi connectivity index (χ2v) is 4.72. The van der Waals surface area contributed by atoms with Gasteiger partial charge in [-0.2, -0.15) is 15.2 Å². The molecule has 0 amide bonds. The molecule has 22 heavy (non-hydrogen) atoms. The van der Waals surface area contributed by atoms with Crippen LogP contribution in [0.25, 0.3) is 0 Å². The number of hydrogen-bond donors (Lipinski definition) is 0. The van der Waals surface area contributed by atoms with Gasteiger partial charge in [0.1, 0.15) is 12.2 Å². The van der Waals surface area contributed by atoms with Gasteiger partial charge in [0.2, 0.25) is 0 Å². The molecular weight excluding hydrogens is 284 g/mol. The predicted octanol–water partition coefficient (Wildman–Crippen LogP) is 0.805. The van der Waals surface area contributed by atoms with Crippen LogP contribution in [0.1, 0.15) is 12.1 Å². The van der Waals surface area contributed by atoms with E-state index in [9.17, 15) is 0 Å². The lowest BCUT2D eigenvalue weighted by atomic mass is 10.3. The summed E-state index contributed by atoms with van der Waals surface area (Å²) in [5.74, 6) is 1.17. The van der Waals surface area contributed by atoms with Gasteiger partial charge in [-0.25, -0.2) is 9.97 Å². The van der Waals surface area contributed by atoms with Crippen LogP contribution < -0.4 is 14.4 Å². The Kier molecular flexibility index (Phi) is 3.96. The monoisotopic (exact) mass is 298 g/mol. The van der Waals surface area contributed by atoms with Crippen molar-refractivity contribution in [3.8, 4) is 17.8 Å². The van der Waals surface area contributed by atoms with Crippen LogP contribution in [0.4, 0.5) is 5.82 Å². The van der Waals surface area contributed by atoms with Crippen LogP contribution in [0.3, 0.4) is 0 Å². The Morgan fingerprint density at radius 3 is 2.73 bits per heavy atom. The van der Waals surface area contributed by atoms with Crippen LogP contribution in [-0.4, -0.2) is 46.2 Å². The topological polar surface area (TPSA) is 97.0 Å². The zero-order chi connectivity index (χ0) is 15.4. The van der Waals surface area contributed by atoms with Crippen molar-refractivity contribution < 1.29 is 9.47 Å². The highest BCUT2D eigenvalue weighted by molar-refractivity contribution is 5.50. The molecule has 8 heteroatoms. The number of methoxy groups -OCH3 is 1. The first kappa shape index (κ1) is 14.0. The first-order valence-electron chi connectivity index (χ1n) is 6.79. The molecule has 1 saturated heterocycles. The largest absolute Gasteiger partial charge is 0.494 e. The molecule has 0 N–H and O–H groups in total. The number of rotatable bonds is 4. The highest BCUT2D eigenvalue weighted by atomic mass is 16.5. The van der Waals surface area contributed by atoms with Crippen LogP contribution >= 0.6 is 0 Å². The molecule has 3 heterocycles. The number of nitriles is 1. The average molecular weight is 298 g/mol. The highest BCUT2D eigenvalue weighted by Crippen LogP contribution is 2.22. The van der Waals surface area contributed by atoms with Crippen LogP contribution in [0.2, 0.25) is 0 Å². The van der Waals surface area contributed by atoms with E-state index in [2.05, 4.69) is 26.0 Å². The Morgan fingerprint density at radius 2 is 2.00 bits per heavy atom. The lowest BCUT2D eigenvalue weighted by molar-refractivity contribution is 0.205. The number of aromatic nitrogens is 4. The van der Waals surface area contributed by atoms with Gasteiger partial charge in [0.05, 0.1) is 26.0 Å². The van der Waals surface area contributed by atoms with Crippen molar-refractivity contribution in [3.63, 3.8) is 0 Å². The van der Waals surface area contributed by atoms with Gasteiger partial charge >= 0.3 is 6.01 Å². The van der Waals surface area contributed by atoms with E-state index in [0.29, 0.717) is 29.8 Å². The first-order chi connectivity index (χ1) is 10.8. The quantitative estimate of drug-likeness (QED) is 0.817. The van der Waals surface area contributed by atoms with E-state index >= 15 is 0 Å². The second kappa shape index (κ2) is 6.22. The van der Waals surface area contributed by atoms with Gasteiger partial charge in [-0.3, -0.25) is 0 Å². The van der Waals surface area contributed by atoms with Gasteiger partial charge in [-0.15, -0.1) is 0 Å². The molecule has 0 spiro atoms. The molecule has 0 saturated carbocycles. The minimum Gasteiger partial charge on any atom is -0.494 e. The first-order valence-corrected chi connectivity index (χ1v) is 6.79. The summed E-state index contributed by atoms with van der Waals surface area (Å²) in [6.45, 7) is 1.36. The molecule has 1 unspecified atom stereocenters. The molecule has 0 bridgehead atoms.